The number of rotatable bonds is 1. The van der Waals surface area contributed by atoms with Crippen molar-refractivity contribution < 1.29 is 14.3 Å². The van der Waals surface area contributed by atoms with Crippen LogP contribution >= 0.6 is 0 Å². The second-order valence-electron chi connectivity index (χ2n) is 4.29. The summed E-state index contributed by atoms with van der Waals surface area (Å²) in [6.07, 6.45) is 2.05. The smallest absolute Gasteiger partial charge is 0.338 e. The van der Waals surface area contributed by atoms with Crippen molar-refractivity contribution in [2.24, 2.45) is 0 Å². The summed E-state index contributed by atoms with van der Waals surface area (Å²) in [6, 6.07) is 0. The van der Waals surface area contributed by atoms with Gasteiger partial charge in [-0.1, -0.05) is 0 Å². The van der Waals surface area contributed by atoms with Gasteiger partial charge in [0, 0.05) is 12.1 Å². The monoisotopic (exact) mass is 233 g/mol. The van der Waals surface area contributed by atoms with Gasteiger partial charge in [0.2, 0.25) is 0 Å². The van der Waals surface area contributed by atoms with E-state index in [1.165, 1.54) is 7.11 Å². The predicted octanol–water partition coefficient (Wildman–Crippen LogP) is 2.00. The van der Waals surface area contributed by atoms with E-state index in [0.717, 1.165) is 29.8 Å². The van der Waals surface area contributed by atoms with Crippen LogP contribution in [0.3, 0.4) is 0 Å². The number of methoxy groups -OCH3 is 1. The first-order chi connectivity index (χ1) is 8.06. The first-order valence-corrected chi connectivity index (χ1v) is 5.67. The van der Waals surface area contributed by atoms with E-state index >= 15 is 0 Å². The number of aryl methyl sites for hydroxylation is 2. The minimum Gasteiger partial charge on any atom is -0.465 e. The van der Waals surface area contributed by atoms with E-state index in [0.29, 0.717) is 17.5 Å². The number of carbonyl (C=O) groups excluding carboxylic acids is 2. The molecule has 0 saturated carbocycles. The molecule has 4 nitrogen and oxygen atoms in total. The molecule has 0 spiro atoms. The Morgan fingerprint density at radius 2 is 2.00 bits per heavy atom. The van der Waals surface area contributed by atoms with Gasteiger partial charge in [-0.15, -0.1) is 0 Å². The van der Waals surface area contributed by atoms with Crippen LogP contribution in [0.2, 0.25) is 0 Å². The van der Waals surface area contributed by atoms with Crippen molar-refractivity contribution in [3.05, 3.63) is 28.1 Å². The third-order valence-corrected chi connectivity index (χ3v) is 3.24. The van der Waals surface area contributed by atoms with E-state index < -0.39 is 5.97 Å². The number of ether oxygens (including phenoxy) is 1. The molecular weight excluding hydrogens is 218 g/mol. The molecule has 0 aromatic carbocycles. The van der Waals surface area contributed by atoms with E-state index in [9.17, 15) is 9.59 Å². The molecule has 0 amide bonds. The van der Waals surface area contributed by atoms with Crippen LogP contribution in [0.15, 0.2) is 0 Å². The molecule has 0 bridgehead atoms. The number of aromatic nitrogens is 1. The third kappa shape index (κ3) is 1.84. The molecule has 1 heterocycles. The highest BCUT2D eigenvalue weighted by atomic mass is 16.5. The quantitative estimate of drug-likeness (QED) is 0.696. The van der Waals surface area contributed by atoms with E-state index in [4.69, 9.17) is 4.74 Å². The molecule has 0 unspecified atom stereocenters. The lowest BCUT2D eigenvalue weighted by molar-refractivity contribution is 0.0595. The van der Waals surface area contributed by atoms with Crippen LogP contribution in [-0.4, -0.2) is 23.8 Å². The van der Waals surface area contributed by atoms with Gasteiger partial charge in [0.25, 0.3) is 0 Å². The number of nitrogens with zero attached hydrogens (tertiary/aromatic N) is 1. The summed E-state index contributed by atoms with van der Waals surface area (Å²) in [5.41, 5.74) is 3.15. The molecule has 0 fully saturated rings. The highest BCUT2D eigenvalue weighted by molar-refractivity contribution is 6.08. The fourth-order valence-corrected chi connectivity index (χ4v) is 2.23. The van der Waals surface area contributed by atoms with Gasteiger partial charge in [-0.05, 0) is 32.3 Å². The zero-order valence-corrected chi connectivity index (χ0v) is 10.3. The maximum atomic E-state index is 11.9. The summed E-state index contributed by atoms with van der Waals surface area (Å²) >= 11 is 0. The number of carbonyl (C=O) groups is 2. The SMILES string of the molecule is COC(=O)c1c(C)c(C)nc2c1C(=O)CCC2. The first kappa shape index (κ1) is 11.8. The Morgan fingerprint density at radius 1 is 1.29 bits per heavy atom. The molecule has 0 saturated heterocycles. The van der Waals surface area contributed by atoms with Crippen LogP contribution in [0.5, 0.6) is 0 Å². The highest BCUT2D eigenvalue weighted by Crippen LogP contribution is 2.27. The van der Waals surface area contributed by atoms with Crippen LogP contribution in [-0.2, 0) is 11.2 Å². The van der Waals surface area contributed by atoms with Gasteiger partial charge in [-0.2, -0.15) is 0 Å². The van der Waals surface area contributed by atoms with Crippen LogP contribution in [0.1, 0.15) is 50.5 Å². The summed E-state index contributed by atoms with van der Waals surface area (Å²) in [7, 11) is 1.33. The summed E-state index contributed by atoms with van der Waals surface area (Å²) < 4.78 is 4.77. The zero-order valence-electron chi connectivity index (χ0n) is 10.3. The van der Waals surface area contributed by atoms with Crippen LogP contribution in [0.4, 0.5) is 0 Å². The van der Waals surface area contributed by atoms with E-state index in [-0.39, 0.29) is 5.78 Å². The summed E-state index contributed by atoms with van der Waals surface area (Å²) in [5, 5.41) is 0. The van der Waals surface area contributed by atoms with Gasteiger partial charge in [0.05, 0.1) is 23.9 Å². The fraction of sp³-hybridized carbons (Fsp3) is 0.462. The predicted molar refractivity (Wildman–Crippen MR) is 62.3 cm³/mol. The van der Waals surface area contributed by atoms with Gasteiger partial charge in [-0.3, -0.25) is 9.78 Å². The largest absolute Gasteiger partial charge is 0.465 e. The number of ketones is 1. The number of Topliss-reactive ketones (excluding diaryl/α,β-unsaturated/α-hetero) is 1. The minimum absolute atomic E-state index is 0.00208. The molecule has 0 N–H and O–H groups in total. The summed E-state index contributed by atoms with van der Waals surface area (Å²) in [6.45, 7) is 3.65. The molecule has 90 valence electrons. The third-order valence-electron chi connectivity index (χ3n) is 3.24. The molecule has 1 aromatic heterocycles. The van der Waals surface area contributed by atoms with Crippen molar-refractivity contribution in [1.29, 1.82) is 0 Å². The second kappa shape index (κ2) is 4.28. The fourth-order valence-electron chi connectivity index (χ4n) is 2.23. The minimum atomic E-state index is -0.445. The summed E-state index contributed by atoms with van der Waals surface area (Å²) in [5.74, 6) is -0.443. The Bertz CT molecular complexity index is 506. The molecule has 1 aliphatic rings. The summed E-state index contributed by atoms with van der Waals surface area (Å²) in [4.78, 5) is 28.2. The average molecular weight is 233 g/mol. The zero-order chi connectivity index (χ0) is 12.6. The van der Waals surface area contributed by atoms with Crippen molar-refractivity contribution >= 4 is 11.8 Å². The molecule has 2 rings (SSSR count). The van der Waals surface area contributed by atoms with Gasteiger partial charge < -0.3 is 4.74 Å². The molecule has 0 aliphatic heterocycles. The maximum Gasteiger partial charge on any atom is 0.338 e. The normalized spacial score (nSPS) is 14.4. The average Bonchev–Trinajstić information content (AvgIpc) is 2.31. The lowest BCUT2D eigenvalue weighted by Gasteiger charge is -2.19. The molecule has 1 aromatic rings. The van der Waals surface area contributed by atoms with Crippen LogP contribution in [0.25, 0.3) is 0 Å². The number of fused-ring (bicyclic) bond motifs is 1. The van der Waals surface area contributed by atoms with Crippen molar-refractivity contribution in [2.75, 3.05) is 7.11 Å². The number of hydrogen-bond acceptors (Lipinski definition) is 4. The van der Waals surface area contributed by atoms with E-state index in [1.807, 2.05) is 6.92 Å². The van der Waals surface area contributed by atoms with Crippen LogP contribution in [0, 0.1) is 13.8 Å². The van der Waals surface area contributed by atoms with Gasteiger partial charge >= 0.3 is 5.97 Å². The first-order valence-electron chi connectivity index (χ1n) is 5.67. The van der Waals surface area contributed by atoms with E-state index in [1.54, 1.807) is 6.92 Å². The standard InChI is InChI=1S/C13H15NO3/c1-7-8(2)14-9-5-4-6-10(15)12(9)11(7)13(16)17-3/h4-6H2,1-3H3. The Hall–Kier alpha value is -1.71. The number of hydrogen-bond donors (Lipinski definition) is 0. The Morgan fingerprint density at radius 3 is 2.65 bits per heavy atom. The Balaban J connectivity index is 2.74. The molecule has 0 radical (unpaired) electrons. The molecular formula is C13H15NO3. The molecule has 1 aliphatic carbocycles. The number of pyridine rings is 1. The second-order valence-corrected chi connectivity index (χ2v) is 4.29. The highest BCUT2D eigenvalue weighted by Gasteiger charge is 2.28. The van der Waals surface area contributed by atoms with Crippen molar-refractivity contribution in [1.82, 2.24) is 4.98 Å². The topological polar surface area (TPSA) is 56.3 Å². The molecule has 4 heteroatoms. The number of esters is 1. The lowest BCUT2D eigenvalue weighted by Crippen LogP contribution is -2.21. The van der Waals surface area contributed by atoms with E-state index in [2.05, 4.69) is 4.98 Å². The Kier molecular flexibility index (Phi) is 2.96. The Labute approximate surface area is 100 Å². The van der Waals surface area contributed by atoms with Crippen LogP contribution < -0.4 is 0 Å². The maximum absolute atomic E-state index is 11.9. The van der Waals surface area contributed by atoms with Crippen molar-refractivity contribution in [2.45, 2.75) is 33.1 Å². The van der Waals surface area contributed by atoms with Gasteiger partial charge in [-0.25, -0.2) is 4.79 Å². The van der Waals surface area contributed by atoms with Crippen molar-refractivity contribution in [3.8, 4) is 0 Å². The molecule has 0 atom stereocenters. The molecule has 17 heavy (non-hydrogen) atoms. The van der Waals surface area contributed by atoms with Gasteiger partial charge in [0.1, 0.15) is 0 Å². The van der Waals surface area contributed by atoms with Crippen molar-refractivity contribution in [3.63, 3.8) is 0 Å². The lowest BCUT2D eigenvalue weighted by atomic mass is 9.88. The van der Waals surface area contributed by atoms with Gasteiger partial charge in [0.15, 0.2) is 5.78 Å².